The Morgan fingerprint density at radius 2 is 1.93 bits per heavy atom. The van der Waals surface area contributed by atoms with Gasteiger partial charge < -0.3 is 15.6 Å². The van der Waals surface area contributed by atoms with Crippen molar-refractivity contribution in [3.8, 4) is 0 Å². The topological polar surface area (TPSA) is 55.5 Å². The van der Waals surface area contributed by atoms with E-state index in [-0.39, 0.29) is 24.3 Å². The molecule has 0 aromatic heterocycles. The molecule has 0 spiro atoms. The van der Waals surface area contributed by atoms with E-state index in [4.69, 9.17) is 10.8 Å². The van der Waals surface area contributed by atoms with Gasteiger partial charge in [0.05, 0.1) is 19.3 Å². The van der Waals surface area contributed by atoms with Gasteiger partial charge in [0.15, 0.2) is 0 Å². The lowest BCUT2D eigenvalue weighted by molar-refractivity contribution is 0.177. The molecular formula is C10H13F2NO2. The van der Waals surface area contributed by atoms with E-state index in [1.807, 2.05) is 0 Å². The van der Waals surface area contributed by atoms with Gasteiger partial charge in [-0.1, -0.05) is 0 Å². The first kappa shape index (κ1) is 12.0. The Kier molecular flexibility index (Phi) is 4.14. The van der Waals surface area contributed by atoms with Crippen LogP contribution in [-0.4, -0.2) is 18.8 Å². The minimum absolute atomic E-state index is 0.133. The van der Waals surface area contributed by atoms with Gasteiger partial charge in [0.1, 0.15) is 11.6 Å². The summed E-state index contributed by atoms with van der Waals surface area (Å²) in [6, 6.07) is 1.45. The molecule has 0 radical (unpaired) electrons. The normalized spacial score (nSPS) is 12.9. The first-order valence-electron chi connectivity index (χ1n) is 4.43. The Balaban J connectivity index is 3.07. The summed E-state index contributed by atoms with van der Waals surface area (Å²) < 4.78 is 31.3. The van der Waals surface area contributed by atoms with E-state index in [2.05, 4.69) is 4.74 Å². The first-order valence-corrected chi connectivity index (χ1v) is 4.43. The highest BCUT2D eigenvalue weighted by atomic mass is 19.1. The van der Waals surface area contributed by atoms with E-state index in [1.54, 1.807) is 0 Å². The van der Waals surface area contributed by atoms with Crippen molar-refractivity contribution in [3.63, 3.8) is 0 Å². The van der Waals surface area contributed by atoms with Gasteiger partial charge in [-0.2, -0.15) is 0 Å². The fourth-order valence-electron chi connectivity index (χ4n) is 1.22. The van der Waals surface area contributed by atoms with Gasteiger partial charge in [-0.15, -0.1) is 0 Å². The quantitative estimate of drug-likeness (QED) is 0.794. The zero-order valence-electron chi connectivity index (χ0n) is 8.34. The molecule has 0 bridgehead atoms. The Morgan fingerprint density at radius 3 is 2.33 bits per heavy atom. The van der Waals surface area contributed by atoms with Gasteiger partial charge in [-0.25, -0.2) is 8.78 Å². The number of hydrogen-bond donors (Lipinski definition) is 2. The molecule has 0 amide bonds. The van der Waals surface area contributed by atoms with Gasteiger partial charge in [-0.3, -0.25) is 0 Å². The minimum Gasteiger partial charge on any atom is -0.394 e. The van der Waals surface area contributed by atoms with Crippen molar-refractivity contribution in [1.82, 2.24) is 0 Å². The molecule has 1 aromatic rings. The predicted molar refractivity (Wildman–Crippen MR) is 51.1 cm³/mol. The Labute approximate surface area is 86.5 Å². The molecule has 5 heteroatoms. The maximum atomic E-state index is 13.3. The highest BCUT2D eigenvalue weighted by molar-refractivity contribution is 5.28. The molecule has 0 aliphatic heterocycles. The molecule has 84 valence electrons. The Hall–Kier alpha value is -1.04. The summed E-state index contributed by atoms with van der Waals surface area (Å²) in [4.78, 5) is 0. The third kappa shape index (κ3) is 2.71. The van der Waals surface area contributed by atoms with E-state index < -0.39 is 17.7 Å². The molecule has 3 N–H and O–H groups in total. The maximum absolute atomic E-state index is 13.3. The van der Waals surface area contributed by atoms with Crippen LogP contribution in [0.1, 0.15) is 17.2 Å². The fourth-order valence-corrected chi connectivity index (χ4v) is 1.22. The SMILES string of the molecule is COCc1c(F)cc(C(N)CO)cc1F. The number of ether oxygens (including phenoxy) is 1. The predicted octanol–water partition coefficient (Wildman–Crippen LogP) is 1.10. The number of aliphatic hydroxyl groups is 1. The van der Waals surface area contributed by atoms with Crippen LogP contribution in [0, 0.1) is 11.6 Å². The van der Waals surface area contributed by atoms with E-state index in [0.29, 0.717) is 0 Å². The monoisotopic (exact) mass is 217 g/mol. The zero-order chi connectivity index (χ0) is 11.4. The number of hydrogen-bond acceptors (Lipinski definition) is 3. The summed E-state index contributed by atoms with van der Waals surface area (Å²) in [5, 5.41) is 8.75. The number of aliphatic hydroxyl groups excluding tert-OH is 1. The third-order valence-electron chi connectivity index (χ3n) is 2.08. The third-order valence-corrected chi connectivity index (χ3v) is 2.08. The lowest BCUT2D eigenvalue weighted by Crippen LogP contribution is -2.15. The van der Waals surface area contributed by atoms with Crippen LogP contribution in [0.2, 0.25) is 0 Å². The number of nitrogens with two attached hydrogens (primary N) is 1. The van der Waals surface area contributed by atoms with Crippen molar-refractivity contribution >= 4 is 0 Å². The highest BCUT2D eigenvalue weighted by Gasteiger charge is 2.14. The van der Waals surface area contributed by atoms with Crippen LogP contribution in [0.15, 0.2) is 12.1 Å². The van der Waals surface area contributed by atoms with Crippen LogP contribution in [0.4, 0.5) is 8.78 Å². The molecular weight excluding hydrogens is 204 g/mol. The summed E-state index contributed by atoms with van der Waals surface area (Å²) in [5.74, 6) is -1.42. The molecule has 1 aromatic carbocycles. The zero-order valence-corrected chi connectivity index (χ0v) is 8.34. The summed E-state index contributed by atoms with van der Waals surface area (Å²) in [7, 11) is 1.35. The highest BCUT2D eigenvalue weighted by Crippen LogP contribution is 2.19. The smallest absolute Gasteiger partial charge is 0.131 e. The summed E-state index contributed by atoms with van der Waals surface area (Å²) in [6.45, 7) is -0.491. The Morgan fingerprint density at radius 1 is 1.40 bits per heavy atom. The van der Waals surface area contributed by atoms with E-state index >= 15 is 0 Å². The molecule has 1 unspecified atom stereocenters. The molecule has 0 aliphatic rings. The Bertz CT molecular complexity index is 321. The molecule has 0 saturated heterocycles. The molecule has 0 saturated carbocycles. The molecule has 0 fully saturated rings. The number of benzene rings is 1. The standard InChI is InChI=1S/C10H13F2NO2/c1-15-5-7-8(11)2-6(3-9(7)12)10(13)4-14/h2-3,10,14H,4-5,13H2,1H3. The molecule has 15 heavy (non-hydrogen) atoms. The maximum Gasteiger partial charge on any atom is 0.131 e. The van der Waals surface area contributed by atoms with Crippen LogP contribution in [0.3, 0.4) is 0 Å². The van der Waals surface area contributed by atoms with E-state index in [9.17, 15) is 8.78 Å². The minimum atomic E-state index is -0.773. The van der Waals surface area contributed by atoms with Crippen molar-refractivity contribution in [3.05, 3.63) is 34.9 Å². The van der Waals surface area contributed by atoms with Crippen molar-refractivity contribution in [2.75, 3.05) is 13.7 Å². The first-order chi connectivity index (χ1) is 7.10. The second-order valence-corrected chi connectivity index (χ2v) is 3.19. The average Bonchev–Trinajstić information content (AvgIpc) is 2.22. The van der Waals surface area contributed by atoms with Crippen LogP contribution in [0.25, 0.3) is 0 Å². The second-order valence-electron chi connectivity index (χ2n) is 3.19. The van der Waals surface area contributed by atoms with Crippen LogP contribution >= 0.6 is 0 Å². The summed E-state index contributed by atoms with van der Waals surface area (Å²) in [6.07, 6.45) is 0. The summed E-state index contributed by atoms with van der Waals surface area (Å²) in [5.41, 5.74) is 5.54. The van der Waals surface area contributed by atoms with Gasteiger partial charge in [-0.05, 0) is 17.7 Å². The van der Waals surface area contributed by atoms with Crippen molar-refractivity contribution in [1.29, 1.82) is 0 Å². The number of rotatable bonds is 4. The fraction of sp³-hybridized carbons (Fsp3) is 0.400. The van der Waals surface area contributed by atoms with E-state index in [1.165, 1.54) is 7.11 Å². The average molecular weight is 217 g/mol. The van der Waals surface area contributed by atoms with E-state index in [0.717, 1.165) is 12.1 Å². The molecule has 0 heterocycles. The van der Waals surface area contributed by atoms with Gasteiger partial charge >= 0.3 is 0 Å². The van der Waals surface area contributed by atoms with Gasteiger partial charge in [0.25, 0.3) is 0 Å². The lowest BCUT2D eigenvalue weighted by atomic mass is 10.1. The molecule has 1 rings (SSSR count). The van der Waals surface area contributed by atoms with Crippen molar-refractivity contribution in [2.45, 2.75) is 12.6 Å². The van der Waals surface area contributed by atoms with Crippen LogP contribution in [0.5, 0.6) is 0 Å². The molecule has 3 nitrogen and oxygen atoms in total. The molecule has 0 aliphatic carbocycles. The largest absolute Gasteiger partial charge is 0.394 e. The second kappa shape index (κ2) is 5.16. The van der Waals surface area contributed by atoms with Crippen LogP contribution in [-0.2, 0) is 11.3 Å². The van der Waals surface area contributed by atoms with Gasteiger partial charge in [0, 0.05) is 12.7 Å². The van der Waals surface area contributed by atoms with Gasteiger partial charge in [0.2, 0.25) is 0 Å². The summed E-state index contributed by atoms with van der Waals surface area (Å²) >= 11 is 0. The van der Waals surface area contributed by atoms with Crippen molar-refractivity contribution in [2.24, 2.45) is 5.73 Å². The molecule has 1 atom stereocenters. The van der Waals surface area contributed by atoms with Crippen LogP contribution < -0.4 is 5.73 Å². The lowest BCUT2D eigenvalue weighted by Gasteiger charge is -2.11. The number of halogens is 2. The number of methoxy groups -OCH3 is 1. The van der Waals surface area contributed by atoms with Crippen molar-refractivity contribution < 1.29 is 18.6 Å².